The topological polar surface area (TPSA) is 95.5 Å². The molecular weight excluding hydrogens is 256 g/mol. The van der Waals surface area contributed by atoms with E-state index >= 15 is 0 Å². The molecular formula is C11H22N2O4S. The predicted molar refractivity (Wildman–Crippen MR) is 69.0 cm³/mol. The molecule has 3 N–H and O–H groups in total. The van der Waals surface area contributed by atoms with Crippen molar-refractivity contribution in [2.24, 2.45) is 0 Å². The number of carbonyl (C=O) groups excluding carboxylic acids is 1. The Labute approximate surface area is 108 Å². The van der Waals surface area contributed by atoms with Gasteiger partial charge in [-0.1, -0.05) is 6.92 Å². The number of rotatable bonds is 6. The fraction of sp³-hybridized carbons (Fsp3) is 0.909. The van der Waals surface area contributed by atoms with Crippen molar-refractivity contribution in [1.29, 1.82) is 0 Å². The number of amides is 1. The second kappa shape index (κ2) is 6.49. The predicted octanol–water partition coefficient (Wildman–Crippen LogP) is -0.961. The molecule has 1 fully saturated rings. The van der Waals surface area contributed by atoms with Crippen LogP contribution in [0.15, 0.2) is 0 Å². The lowest BCUT2D eigenvalue weighted by Gasteiger charge is -2.15. The second-order valence-electron chi connectivity index (χ2n) is 4.83. The minimum absolute atomic E-state index is 0.0544. The molecule has 3 atom stereocenters. The van der Waals surface area contributed by atoms with Gasteiger partial charge in [-0.05, 0) is 13.3 Å². The van der Waals surface area contributed by atoms with Crippen LogP contribution in [0.5, 0.6) is 0 Å². The zero-order valence-corrected chi connectivity index (χ0v) is 11.7. The van der Waals surface area contributed by atoms with Crippen LogP contribution in [0, 0.1) is 0 Å². The molecule has 0 aliphatic carbocycles. The molecule has 0 bridgehead atoms. The maximum atomic E-state index is 11.5. The normalized spacial score (nSPS) is 27.9. The largest absolute Gasteiger partial charge is 0.390 e. The number of hydrogen-bond donors (Lipinski definition) is 3. The van der Waals surface area contributed by atoms with Crippen LogP contribution in [-0.2, 0) is 14.6 Å². The lowest BCUT2D eigenvalue weighted by molar-refractivity contribution is -0.121. The fourth-order valence-corrected chi connectivity index (χ4v) is 3.62. The lowest BCUT2D eigenvalue weighted by Crippen LogP contribution is -2.41. The van der Waals surface area contributed by atoms with Gasteiger partial charge in [0.2, 0.25) is 5.91 Å². The zero-order valence-electron chi connectivity index (χ0n) is 10.8. The van der Waals surface area contributed by atoms with E-state index in [1.807, 2.05) is 13.8 Å². The summed E-state index contributed by atoms with van der Waals surface area (Å²) in [5.41, 5.74) is 0. The molecule has 1 aliphatic heterocycles. The van der Waals surface area contributed by atoms with Crippen molar-refractivity contribution in [3.63, 3.8) is 0 Å². The van der Waals surface area contributed by atoms with Gasteiger partial charge < -0.3 is 15.7 Å². The summed E-state index contributed by atoms with van der Waals surface area (Å²) < 4.78 is 22.5. The number of aliphatic hydroxyl groups excluding tert-OH is 1. The van der Waals surface area contributed by atoms with E-state index in [0.717, 1.165) is 6.42 Å². The maximum absolute atomic E-state index is 11.5. The van der Waals surface area contributed by atoms with Gasteiger partial charge in [0.25, 0.3) is 0 Å². The van der Waals surface area contributed by atoms with Crippen molar-refractivity contribution >= 4 is 15.7 Å². The summed E-state index contributed by atoms with van der Waals surface area (Å²) in [6.45, 7) is 4.29. The number of hydrogen-bond acceptors (Lipinski definition) is 5. The van der Waals surface area contributed by atoms with E-state index in [0.29, 0.717) is 6.54 Å². The van der Waals surface area contributed by atoms with E-state index in [-0.39, 0.29) is 29.9 Å². The van der Waals surface area contributed by atoms with Crippen LogP contribution in [0.25, 0.3) is 0 Å². The van der Waals surface area contributed by atoms with Crippen LogP contribution in [-0.4, -0.2) is 55.7 Å². The average Bonchev–Trinajstić information content (AvgIpc) is 2.51. The number of aliphatic hydroxyl groups is 1. The molecule has 106 valence electrons. The summed E-state index contributed by atoms with van der Waals surface area (Å²) >= 11 is 0. The first kappa shape index (κ1) is 15.4. The third-order valence-electron chi connectivity index (χ3n) is 3.10. The number of nitrogens with one attached hydrogen (secondary N) is 2. The molecule has 1 aliphatic rings. The van der Waals surface area contributed by atoms with Gasteiger partial charge in [0.15, 0.2) is 9.84 Å². The first-order valence-corrected chi connectivity index (χ1v) is 8.07. The van der Waals surface area contributed by atoms with Gasteiger partial charge in [0, 0.05) is 25.0 Å². The highest BCUT2D eigenvalue weighted by Crippen LogP contribution is 2.12. The summed E-state index contributed by atoms with van der Waals surface area (Å²) in [5.74, 6) is -0.308. The van der Waals surface area contributed by atoms with Crippen LogP contribution in [0.1, 0.15) is 26.7 Å². The molecule has 0 aromatic carbocycles. The number of sulfone groups is 1. The highest BCUT2D eigenvalue weighted by Gasteiger charge is 2.35. The molecule has 1 saturated heterocycles. The summed E-state index contributed by atoms with van der Waals surface area (Å²) in [7, 11) is -3.13. The van der Waals surface area contributed by atoms with Gasteiger partial charge in [-0.3, -0.25) is 4.79 Å². The van der Waals surface area contributed by atoms with Crippen LogP contribution in [0.2, 0.25) is 0 Å². The Morgan fingerprint density at radius 3 is 2.61 bits per heavy atom. The second-order valence-corrected chi connectivity index (χ2v) is 6.99. The van der Waals surface area contributed by atoms with E-state index < -0.39 is 22.0 Å². The van der Waals surface area contributed by atoms with E-state index in [9.17, 15) is 18.3 Å². The Balaban J connectivity index is 2.24. The summed E-state index contributed by atoms with van der Waals surface area (Å²) in [4.78, 5) is 11.5. The Hall–Kier alpha value is -0.660. The molecule has 6 nitrogen and oxygen atoms in total. The van der Waals surface area contributed by atoms with Gasteiger partial charge in [0.05, 0.1) is 17.6 Å². The SMILES string of the molecule is CCC(C)NC(=O)CCNC1CS(=O)(=O)CC1O. The molecule has 3 unspecified atom stereocenters. The van der Waals surface area contributed by atoms with Crippen molar-refractivity contribution in [2.75, 3.05) is 18.1 Å². The average molecular weight is 278 g/mol. The van der Waals surface area contributed by atoms with Crippen molar-refractivity contribution in [3.8, 4) is 0 Å². The standard InChI is InChI=1S/C11H22N2O4S/c1-3-8(2)13-11(15)4-5-12-9-6-18(16,17)7-10(9)14/h8-10,12,14H,3-7H2,1-2H3,(H,13,15). The molecule has 1 rings (SSSR count). The minimum Gasteiger partial charge on any atom is -0.390 e. The lowest BCUT2D eigenvalue weighted by atomic mass is 10.2. The van der Waals surface area contributed by atoms with E-state index in [1.165, 1.54) is 0 Å². The van der Waals surface area contributed by atoms with Gasteiger partial charge in [-0.25, -0.2) is 8.42 Å². The zero-order chi connectivity index (χ0) is 13.8. The van der Waals surface area contributed by atoms with Gasteiger partial charge in [-0.15, -0.1) is 0 Å². The molecule has 1 heterocycles. The van der Waals surface area contributed by atoms with Gasteiger partial charge in [-0.2, -0.15) is 0 Å². The molecule has 0 radical (unpaired) electrons. The van der Waals surface area contributed by atoms with Crippen molar-refractivity contribution in [1.82, 2.24) is 10.6 Å². The van der Waals surface area contributed by atoms with Crippen molar-refractivity contribution in [2.45, 2.75) is 44.9 Å². The van der Waals surface area contributed by atoms with E-state index in [4.69, 9.17) is 0 Å². The summed E-state index contributed by atoms with van der Waals surface area (Å²) in [6.07, 6.45) is 0.291. The fourth-order valence-electron chi connectivity index (χ4n) is 1.84. The first-order chi connectivity index (χ1) is 8.34. The molecule has 0 saturated carbocycles. The van der Waals surface area contributed by atoms with Crippen LogP contribution >= 0.6 is 0 Å². The number of carbonyl (C=O) groups is 1. The first-order valence-electron chi connectivity index (χ1n) is 6.25. The van der Waals surface area contributed by atoms with Crippen molar-refractivity contribution in [3.05, 3.63) is 0 Å². The highest BCUT2D eigenvalue weighted by atomic mass is 32.2. The Kier molecular flexibility index (Phi) is 5.55. The third-order valence-corrected chi connectivity index (χ3v) is 4.82. The highest BCUT2D eigenvalue weighted by molar-refractivity contribution is 7.91. The smallest absolute Gasteiger partial charge is 0.221 e. The molecule has 0 aromatic rings. The summed E-state index contributed by atoms with van der Waals surface area (Å²) in [5, 5.41) is 15.3. The third kappa shape index (κ3) is 4.91. The Bertz CT molecular complexity index is 383. The van der Waals surface area contributed by atoms with Crippen LogP contribution in [0.4, 0.5) is 0 Å². The monoisotopic (exact) mass is 278 g/mol. The van der Waals surface area contributed by atoms with E-state index in [1.54, 1.807) is 0 Å². The van der Waals surface area contributed by atoms with Crippen LogP contribution in [0.3, 0.4) is 0 Å². The molecule has 18 heavy (non-hydrogen) atoms. The van der Waals surface area contributed by atoms with Crippen molar-refractivity contribution < 1.29 is 18.3 Å². The molecule has 7 heteroatoms. The van der Waals surface area contributed by atoms with E-state index in [2.05, 4.69) is 10.6 Å². The molecule has 0 spiro atoms. The molecule has 0 aromatic heterocycles. The maximum Gasteiger partial charge on any atom is 0.221 e. The Morgan fingerprint density at radius 2 is 2.11 bits per heavy atom. The minimum atomic E-state index is -3.13. The summed E-state index contributed by atoms with van der Waals surface area (Å²) in [6, 6.07) is -0.304. The van der Waals surface area contributed by atoms with Gasteiger partial charge in [0.1, 0.15) is 0 Å². The van der Waals surface area contributed by atoms with Crippen LogP contribution < -0.4 is 10.6 Å². The Morgan fingerprint density at radius 1 is 1.44 bits per heavy atom. The molecule has 1 amide bonds. The quantitative estimate of drug-likeness (QED) is 0.581. The van der Waals surface area contributed by atoms with Gasteiger partial charge >= 0.3 is 0 Å².